The van der Waals surface area contributed by atoms with E-state index in [0.717, 1.165) is 16.9 Å². The van der Waals surface area contributed by atoms with Gasteiger partial charge >= 0.3 is 0 Å². The van der Waals surface area contributed by atoms with Crippen LogP contribution in [0.4, 0.5) is 5.69 Å². The third-order valence-corrected chi connectivity index (χ3v) is 5.20. The van der Waals surface area contributed by atoms with Gasteiger partial charge in [-0.05, 0) is 34.9 Å². The minimum absolute atomic E-state index is 0.0787. The second-order valence-corrected chi connectivity index (χ2v) is 6.59. The molecule has 0 saturated carbocycles. The lowest BCUT2D eigenvalue weighted by molar-refractivity contribution is -0.119. The molecule has 0 aromatic heterocycles. The number of hydrogen-bond acceptors (Lipinski definition) is 1. The van der Waals surface area contributed by atoms with Gasteiger partial charge in [-0.15, -0.1) is 0 Å². The van der Waals surface area contributed by atoms with Gasteiger partial charge in [-0.1, -0.05) is 72.8 Å². The first-order valence-electron chi connectivity index (χ1n) is 8.59. The van der Waals surface area contributed by atoms with Gasteiger partial charge in [-0.25, -0.2) is 0 Å². The largest absolute Gasteiger partial charge is 0.284 e. The van der Waals surface area contributed by atoms with Crippen LogP contribution < -0.4 is 4.90 Å². The Bertz CT molecular complexity index is 961. The summed E-state index contributed by atoms with van der Waals surface area (Å²) in [5.74, 6) is 0.246. The van der Waals surface area contributed by atoms with Gasteiger partial charge in [0.05, 0.1) is 5.92 Å². The van der Waals surface area contributed by atoms with Crippen molar-refractivity contribution in [2.24, 2.45) is 11.8 Å². The highest BCUT2D eigenvalue weighted by molar-refractivity contribution is 6.04. The van der Waals surface area contributed by atoms with Crippen LogP contribution in [-0.2, 0) is 4.79 Å². The molecular formula is C23H17NO. The topological polar surface area (TPSA) is 20.3 Å². The molecule has 0 unspecified atom stereocenters. The molecule has 1 fully saturated rings. The van der Waals surface area contributed by atoms with Crippen molar-refractivity contribution < 1.29 is 4.79 Å². The molecule has 2 aliphatic carbocycles. The number of carbonyl (C=O) groups is 1. The monoisotopic (exact) mass is 323 g/mol. The van der Waals surface area contributed by atoms with Crippen molar-refractivity contribution in [3.63, 3.8) is 0 Å². The molecule has 2 aromatic carbocycles. The lowest BCUT2D eigenvalue weighted by Gasteiger charge is -2.24. The minimum Gasteiger partial charge on any atom is -0.284 e. The van der Waals surface area contributed by atoms with Crippen molar-refractivity contribution in [1.29, 1.82) is 0 Å². The van der Waals surface area contributed by atoms with Crippen LogP contribution in [0.5, 0.6) is 0 Å². The summed E-state index contributed by atoms with van der Waals surface area (Å²) in [5.41, 5.74) is 5.59. The molecule has 2 aromatic rings. The number of allylic oxidation sites excluding steroid dienone is 6. The van der Waals surface area contributed by atoms with Crippen LogP contribution in [0, 0.1) is 11.8 Å². The summed E-state index contributed by atoms with van der Waals surface area (Å²) in [6.07, 6.45) is 12.4. The summed E-state index contributed by atoms with van der Waals surface area (Å²) in [6.45, 7) is 0. The first kappa shape index (κ1) is 14.2. The lowest BCUT2D eigenvalue weighted by Crippen LogP contribution is -2.25. The second-order valence-electron chi connectivity index (χ2n) is 6.59. The Morgan fingerprint density at radius 3 is 2.36 bits per heavy atom. The van der Waals surface area contributed by atoms with Crippen molar-refractivity contribution in [2.75, 3.05) is 4.90 Å². The molecule has 0 N–H and O–H groups in total. The zero-order valence-corrected chi connectivity index (χ0v) is 13.7. The first-order valence-corrected chi connectivity index (χ1v) is 8.59. The molecule has 0 bridgehead atoms. The van der Waals surface area contributed by atoms with Crippen molar-refractivity contribution in [1.82, 2.24) is 0 Å². The second kappa shape index (κ2) is 5.45. The SMILES string of the molecule is O=C1[C@@H]2C=CC=C3C=CC=C([C@H]32)N1c1ccc(-c2ccccc2)cc1. The first-order chi connectivity index (χ1) is 12.3. The van der Waals surface area contributed by atoms with E-state index in [1.54, 1.807) is 0 Å². The van der Waals surface area contributed by atoms with Gasteiger partial charge in [0.2, 0.25) is 5.91 Å². The van der Waals surface area contributed by atoms with Gasteiger partial charge in [0.25, 0.3) is 0 Å². The molecule has 1 saturated heterocycles. The van der Waals surface area contributed by atoms with E-state index >= 15 is 0 Å². The molecule has 1 amide bonds. The molecule has 0 spiro atoms. The number of amides is 1. The Morgan fingerprint density at radius 2 is 1.56 bits per heavy atom. The Balaban J connectivity index is 1.54. The fraction of sp³-hybridized carbons (Fsp3) is 0.0870. The average molecular weight is 323 g/mol. The van der Waals surface area contributed by atoms with E-state index in [1.807, 2.05) is 53.5 Å². The van der Waals surface area contributed by atoms with Gasteiger partial charge < -0.3 is 0 Å². The quantitative estimate of drug-likeness (QED) is 0.771. The maximum absolute atomic E-state index is 13.0. The van der Waals surface area contributed by atoms with Gasteiger partial charge in [0.15, 0.2) is 0 Å². The Labute approximate surface area is 147 Å². The fourth-order valence-corrected chi connectivity index (χ4v) is 4.01. The predicted octanol–water partition coefficient (Wildman–Crippen LogP) is 4.88. The summed E-state index contributed by atoms with van der Waals surface area (Å²) in [6, 6.07) is 18.6. The standard InChI is InChI=1S/C23H17NO/c25-23-20-10-4-8-18-9-5-11-21(22(18)20)24(23)19-14-12-17(13-15-19)16-6-2-1-3-7-16/h1-15,20,22H/t20-,22-/m1/s1. The van der Waals surface area contributed by atoms with E-state index < -0.39 is 0 Å². The Morgan fingerprint density at radius 1 is 0.800 bits per heavy atom. The highest BCUT2D eigenvalue weighted by atomic mass is 16.2. The molecule has 3 aliphatic rings. The average Bonchev–Trinajstić information content (AvgIpc) is 2.97. The van der Waals surface area contributed by atoms with Gasteiger partial charge in [-0.2, -0.15) is 0 Å². The molecule has 2 nitrogen and oxygen atoms in total. The normalized spacial score (nSPS) is 23.4. The van der Waals surface area contributed by atoms with Crippen LogP contribution in [0.15, 0.2) is 102 Å². The highest BCUT2D eigenvalue weighted by Gasteiger charge is 2.46. The van der Waals surface area contributed by atoms with Crippen LogP contribution in [0.2, 0.25) is 0 Å². The zero-order chi connectivity index (χ0) is 16.8. The van der Waals surface area contributed by atoms with Crippen LogP contribution in [-0.4, -0.2) is 5.91 Å². The zero-order valence-electron chi connectivity index (χ0n) is 13.7. The fourth-order valence-electron chi connectivity index (χ4n) is 4.01. The van der Waals surface area contributed by atoms with E-state index in [-0.39, 0.29) is 17.7 Å². The number of anilines is 1. The van der Waals surface area contributed by atoms with Crippen molar-refractivity contribution >= 4 is 11.6 Å². The Kier molecular flexibility index (Phi) is 3.10. The number of nitrogens with zero attached hydrogens (tertiary/aromatic N) is 1. The van der Waals surface area contributed by atoms with Gasteiger partial charge in [-0.3, -0.25) is 9.69 Å². The third kappa shape index (κ3) is 2.14. The summed E-state index contributed by atoms with van der Waals surface area (Å²) in [5, 5.41) is 0. The summed E-state index contributed by atoms with van der Waals surface area (Å²) < 4.78 is 0. The minimum atomic E-state index is -0.0787. The van der Waals surface area contributed by atoms with Crippen LogP contribution in [0.1, 0.15) is 0 Å². The molecule has 2 atom stereocenters. The highest BCUT2D eigenvalue weighted by Crippen LogP contribution is 2.46. The molecule has 1 aliphatic heterocycles. The van der Waals surface area contributed by atoms with E-state index in [1.165, 1.54) is 11.1 Å². The van der Waals surface area contributed by atoms with E-state index in [4.69, 9.17) is 0 Å². The molecule has 2 heteroatoms. The van der Waals surface area contributed by atoms with E-state index in [0.29, 0.717) is 0 Å². The van der Waals surface area contributed by atoms with Gasteiger partial charge in [0, 0.05) is 17.3 Å². The molecule has 25 heavy (non-hydrogen) atoms. The lowest BCUT2D eigenvalue weighted by atomic mass is 9.80. The maximum atomic E-state index is 13.0. The summed E-state index contributed by atoms with van der Waals surface area (Å²) in [4.78, 5) is 14.9. The maximum Gasteiger partial charge on any atom is 0.239 e. The van der Waals surface area contributed by atoms with Crippen molar-refractivity contribution in [3.05, 3.63) is 102 Å². The molecule has 5 rings (SSSR count). The van der Waals surface area contributed by atoms with Crippen LogP contribution in [0.25, 0.3) is 11.1 Å². The molecule has 0 radical (unpaired) electrons. The number of benzene rings is 2. The van der Waals surface area contributed by atoms with E-state index in [2.05, 4.69) is 42.5 Å². The van der Waals surface area contributed by atoms with Crippen LogP contribution in [0.3, 0.4) is 0 Å². The number of carbonyl (C=O) groups excluding carboxylic acids is 1. The molecular weight excluding hydrogens is 306 g/mol. The summed E-state index contributed by atoms with van der Waals surface area (Å²) in [7, 11) is 0. The smallest absolute Gasteiger partial charge is 0.239 e. The third-order valence-electron chi connectivity index (χ3n) is 5.20. The number of hydrogen-bond donors (Lipinski definition) is 0. The van der Waals surface area contributed by atoms with Crippen molar-refractivity contribution in [2.45, 2.75) is 0 Å². The number of rotatable bonds is 2. The molecule has 120 valence electrons. The van der Waals surface area contributed by atoms with Gasteiger partial charge in [0.1, 0.15) is 0 Å². The Hall–Kier alpha value is -3.13. The molecule has 1 heterocycles. The summed E-state index contributed by atoms with van der Waals surface area (Å²) >= 11 is 0. The van der Waals surface area contributed by atoms with E-state index in [9.17, 15) is 4.79 Å². The predicted molar refractivity (Wildman–Crippen MR) is 101 cm³/mol. The van der Waals surface area contributed by atoms with Crippen molar-refractivity contribution in [3.8, 4) is 11.1 Å². The van der Waals surface area contributed by atoms with Crippen LogP contribution >= 0.6 is 0 Å².